The number of nitro benzene ring substituents is 1. The number of urea groups is 1. The summed E-state index contributed by atoms with van der Waals surface area (Å²) in [6.45, 7) is 2.51. The lowest BCUT2D eigenvalue weighted by molar-refractivity contribution is -0.384. The van der Waals surface area contributed by atoms with Crippen LogP contribution in [0.4, 0.5) is 16.2 Å². The topological polar surface area (TPSA) is 128 Å². The fourth-order valence-corrected chi connectivity index (χ4v) is 4.37. The van der Waals surface area contributed by atoms with Gasteiger partial charge < -0.3 is 9.47 Å². The summed E-state index contributed by atoms with van der Waals surface area (Å²) in [5.41, 5.74) is 1.06. The predicted octanol–water partition coefficient (Wildman–Crippen LogP) is 4.84. The van der Waals surface area contributed by atoms with E-state index >= 15 is 0 Å². The van der Waals surface area contributed by atoms with Gasteiger partial charge in [-0.3, -0.25) is 25.0 Å². The standard InChI is InChI=1S/C26H20IN3O7/c1-2-36-22-14-17(13-21(27)23(22)37-15-16-6-4-3-5-7-16)12-20-24(31)28-26(33)29(25(20)32)18-8-10-19(11-9-18)30(34)35/h3-14H,2,15H2,1H3,(H,28,31,33)/b20-12+. The first kappa shape index (κ1) is 25.8. The average molecular weight is 613 g/mol. The third-order valence-corrected chi connectivity index (χ3v) is 6.09. The molecule has 37 heavy (non-hydrogen) atoms. The molecular weight excluding hydrogens is 593 g/mol. The normalized spacial score (nSPS) is 14.5. The highest BCUT2D eigenvalue weighted by molar-refractivity contribution is 14.1. The van der Waals surface area contributed by atoms with E-state index in [9.17, 15) is 24.5 Å². The second-order valence-corrected chi connectivity index (χ2v) is 8.93. The average Bonchev–Trinajstić information content (AvgIpc) is 2.87. The molecular formula is C26H20IN3O7. The quantitative estimate of drug-likeness (QED) is 0.127. The first-order valence-electron chi connectivity index (χ1n) is 11.1. The minimum Gasteiger partial charge on any atom is -0.490 e. The lowest BCUT2D eigenvalue weighted by Crippen LogP contribution is -2.54. The molecule has 0 aliphatic carbocycles. The van der Waals surface area contributed by atoms with Gasteiger partial charge in [-0.25, -0.2) is 9.69 Å². The number of anilines is 1. The first-order valence-corrected chi connectivity index (χ1v) is 12.2. The van der Waals surface area contributed by atoms with E-state index in [1.807, 2.05) is 37.3 Å². The number of imide groups is 2. The Morgan fingerprint density at radius 2 is 1.73 bits per heavy atom. The Bertz CT molecular complexity index is 1410. The van der Waals surface area contributed by atoms with Gasteiger partial charge in [0.2, 0.25) is 0 Å². The molecule has 0 aromatic heterocycles. The zero-order chi connectivity index (χ0) is 26.5. The molecule has 1 heterocycles. The van der Waals surface area contributed by atoms with E-state index in [-0.39, 0.29) is 16.9 Å². The molecule has 1 fully saturated rings. The van der Waals surface area contributed by atoms with Gasteiger partial charge in [0.15, 0.2) is 11.5 Å². The number of halogens is 1. The van der Waals surface area contributed by atoms with Gasteiger partial charge in [-0.05, 0) is 71.0 Å². The number of nitrogens with one attached hydrogen (secondary N) is 1. The van der Waals surface area contributed by atoms with E-state index in [4.69, 9.17) is 9.47 Å². The van der Waals surface area contributed by atoms with Crippen molar-refractivity contribution in [2.45, 2.75) is 13.5 Å². The summed E-state index contributed by atoms with van der Waals surface area (Å²) in [5.74, 6) is -0.759. The molecule has 3 aromatic carbocycles. The molecule has 0 bridgehead atoms. The minimum absolute atomic E-state index is 0.0840. The van der Waals surface area contributed by atoms with Crippen LogP contribution in [0.5, 0.6) is 11.5 Å². The van der Waals surface area contributed by atoms with Crippen LogP contribution in [0.25, 0.3) is 6.08 Å². The predicted molar refractivity (Wildman–Crippen MR) is 143 cm³/mol. The summed E-state index contributed by atoms with van der Waals surface area (Å²) in [6, 6.07) is 16.9. The summed E-state index contributed by atoms with van der Waals surface area (Å²) >= 11 is 2.08. The molecule has 3 aromatic rings. The van der Waals surface area contributed by atoms with Gasteiger partial charge in [0.1, 0.15) is 12.2 Å². The van der Waals surface area contributed by atoms with Gasteiger partial charge in [-0.15, -0.1) is 0 Å². The number of hydrogen-bond acceptors (Lipinski definition) is 7. The Hall–Kier alpha value is -4.26. The number of barbiturate groups is 1. The summed E-state index contributed by atoms with van der Waals surface area (Å²) in [5, 5.41) is 13.1. The second-order valence-electron chi connectivity index (χ2n) is 7.77. The van der Waals surface area contributed by atoms with Crippen molar-refractivity contribution in [1.82, 2.24) is 5.32 Å². The van der Waals surface area contributed by atoms with Crippen LogP contribution >= 0.6 is 22.6 Å². The number of nitro groups is 1. The SMILES string of the molecule is CCOc1cc(/C=C2\C(=O)NC(=O)N(c3ccc([N+](=O)[O-])cc3)C2=O)cc(I)c1OCc1ccccc1. The summed E-state index contributed by atoms with van der Waals surface area (Å²) in [6.07, 6.45) is 1.36. The second kappa shape index (κ2) is 11.2. The van der Waals surface area contributed by atoms with Crippen molar-refractivity contribution in [2.75, 3.05) is 11.5 Å². The van der Waals surface area contributed by atoms with Gasteiger partial charge in [0.05, 0.1) is 20.8 Å². The number of nitrogens with zero attached hydrogens (tertiary/aromatic N) is 2. The minimum atomic E-state index is -0.949. The fourth-order valence-electron chi connectivity index (χ4n) is 3.59. The van der Waals surface area contributed by atoms with Gasteiger partial charge in [0, 0.05) is 12.1 Å². The number of hydrogen-bond donors (Lipinski definition) is 1. The molecule has 0 atom stereocenters. The van der Waals surface area contributed by atoms with Crippen LogP contribution in [0.3, 0.4) is 0 Å². The first-order chi connectivity index (χ1) is 17.8. The van der Waals surface area contributed by atoms with Crippen molar-refractivity contribution in [2.24, 2.45) is 0 Å². The van der Waals surface area contributed by atoms with E-state index in [1.165, 1.54) is 30.3 Å². The maximum Gasteiger partial charge on any atom is 0.335 e. The molecule has 1 aliphatic heterocycles. The van der Waals surface area contributed by atoms with E-state index in [1.54, 1.807) is 12.1 Å². The third-order valence-electron chi connectivity index (χ3n) is 5.29. The third kappa shape index (κ3) is 5.77. The number of ether oxygens (including phenoxy) is 2. The van der Waals surface area contributed by atoms with Crippen LogP contribution in [-0.2, 0) is 16.2 Å². The van der Waals surface area contributed by atoms with Crippen LogP contribution < -0.4 is 19.7 Å². The Morgan fingerprint density at radius 3 is 2.38 bits per heavy atom. The molecule has 10 nitrogen and oxygen atoms in total. The van der Waals surface area contributed by atoms with Gasteiger partial charge in [0.25, 0.3) is 17.5 Å². The molecule has 1 saturated heterocycles. The van der Waals surface area contributed by atoms with Crippen molar-refractivity contribution in [3.63, 3.8) is 0 Å². The maximum atomic E-state index is 13.2. The van der Waals surface area contributed by atoms with Crippen molar-refractivity contribution >= 4 is 57.9 Å². The number of amides is 4. The lowest BCUT2D eigenvalue weighted by atomic mass is 10.1. The zero-order valence-corrected chi connectivity index (χ0v) is 21.6. The van der Waals surface area contributed by atoms with Crippen LogP contribution in [-0.4, -0.2) is 29.4 Å². The molecule has 1 aliphatic rings. The van der Waals surface area contributed by atoms with E-state index < -0.39 is 22.8 Å². The van der Waals surface area contributed by atoms with Crippen molar-refractivity contribution in [1.29, 1.82) is 0 Å². The molecule has 11 heteroatoms. The zero-order valence-electron chi connectivity index (χ0n) is 19.5. The highest BCUT2D eigenvalue weighted by atomic mass is 127. The molecule has 4 amide bonds. The summed E-state index contributed by atoms with van der Waals surface area (Å²) in [7, 11) is 0. The van der Waals surface area contributed by atoms with Crippen molar-refractivity contribution in [3.8, 4) is 11.5 Å². The smallest absolute Gasteiger partial charge is 0.335 e. The molecule has 0 radical (unpaired) electrons. The molecule has 4 rings (SSSR count). The Kier molecular flexibility index (Phi) is 7.82. The fraction of sp³-hybridized carbons (Fsp3) is 0.115. The monoisotopic (exact) mass is 613 g/mol. The molecule has 0 spiro atoms. The highest BCUT2D eigenvalue weighted by Gasteiger charge is 2.37. The van der Waals surface area contributed by atoms with Crippen molar-refractivity contribution < 1.29 is 28.8 Å². The Labute approximate surface area is 225 Å². The maximum absolute atomic E-state index is 13.2. The molecule has 188 valence electrons. The summed E-state index contributed by atoms with van der Waals surface area (Å²) < 4.78 is 12.5. The molecule has 0 unspecified atom stereocenters. The largest absolute Gasteiger partial charge is 0.490 e. The van der Waals surface area contributed by atoms with Gasteiger partial charge in [-0.1, -0.05) is 30.3 Å². The van der Waals surface area contributed by atoms with Crippen LogP contribution in [0, 0.1) is 13.7 Å². The van der Waals surface area contributed by atoms with Crippen LogP contribution in [0.15, 0.2) is 72.3 Å². The number of carbonyl (C=O) groups excluding carboxylic acids is 3. The van der Waals surface area contributed by atoms with Crippen LogP contribution in [0.1, 0.15) is 18.1 Å². The van der Waals surface area contributed by atoms with E-state index in [0.29, 0.717) is 33.8 Å². The highest BCUT2D eigenvalue weighted by Crippen LogP contribution is 2.36. The number of non-ortho nitro benzene ring substituents is 1. The lowest BCUT2D eigenvalue weighted by Gasteiger charge is -2.26. The number of carbonyl (C=O) groups is 3. The number of benzene rings is 3. The Morgan fingerprint density at radius 1 is 1.03 bits per heavy atom. The van der Waals surface area contributed by atoms with E-state index in [2.05, 4.69) is 27.9 Å². The Balaban J connectivity index is 1.65. The molecule has 1 N–H and O–H groups in total. The van der Waals surface area contributed by atoms with Crippen LogP contribution in [0.2, 0.25) is 0 Å². The molecule has 0 saturated carbocycles. The van der Waals surface area contributed by atoms with E-state index in [0.717, 1.165) is 10.5 Å². The van der Waals surface area contributed by atoms with Crippen molar-refractivity contribution in [3.05, 3.63) is 97.1 Å². The number of rotatable bonds is 8. The van der Waals surface area contributed by atoms with Gasteiger partial charge in [-0.2, -0.15) is 0 Å². The summed E-state index contributed by atoms with van der Waals surface area (Å²) in [4.78, 5) is 49.3. The van der Waals surface area contributed by atoms with Gasteiger partial charge >= 0.3 is 6.03 Å².